The van der Waals surface area contributed by atoms with Gasteiger partial charge in [-0.25, -0.2) is 4.39 Å². The molecule has 7 heteroatoms. The number of carboxylic acids is 1. The molecule has 2 N–H and O–H groups in total. The summed E-state index contributed by atoms with van der Waals surface area (Å²) in [5, 5.41) is 11.5. The first kappa shape index (κ1) is 15.1. The summed E-state index contributed by atoms with van der Waals surface area (Å²) >= 11 is 5.58. The first-order chi connectivity index (χ1) is 9.95. The van der Waals surface area contributed by atoms with Gasteiger partial charge in [0.05, 0.1) is 12.5 Å². The number of benzene rings is 1. The first-order valence-electron chi connectivity index (χ1n) is 5.99. The van der Waals surface area contributed by atoms with E-state index in [9.17, 15) is 14.0 Å². The lowest BCUT2D eigenvalue weighted by Gasteiger charge is -2.16. The van der Waals surface area contributed by atoms with Gasteiger partial charge in [0, 0.05) is 0 Å². The summed E-state index contributed by atoms with van der Waals surface area (Å²) in [6.45, 7) is 0. The van der Waals surface area contributed by atoms with Crippen molar-refractivity contribution in [3.05, 3.63) is 58.8 Å². The van der Waals surface area contributed by atoms with Crippen molar-refractivity contribution in [3.8, 4) is 0 Å². The summed E-state index contributed by atoms with van der Waals surface area (Å²) in [5.74, 6) is -2.17. The van der Waals surface area contributed by atoms with E-state index in [-0.39, 0.29) is 17.4 Å². The number of amides is 1. The van der Waals surface area contributed by atoms with Gasteiger partial charge in [-0.1, -0.05) is 12.1 Å². The van der Waals surface area contributed by atoms with E-state index >= 15 is 0 Å². The molecule has 0 saturated carbocycles. The van der Waals surface area contributed by atoms with E-state index in [1.54, 1.807) is 0 Å². The highest BCUT2D eigenvalue weighted by Gasteiger charge is 2.20. The van der Waals surface area contributed by atoms with Crippen molar-refractivity contribution in [1.29, 1.82) is 0 Å². The molecule has 1 amide bonds. The van der Waals surface area contributed by atoms with E-state index in [4.69, 9.17) is 21.1 Å². The van der Waals surface area contributed by atoms with Crippen molar-refractivity contribution in [3.63, 3.8) is 0 Å². The maximum atomic E-state index is 12.9. The Morgan fingerprint density at radius 1 is 1.24 bits per heavy atom. The van der Waals surface area contributed by atoms with Crippen LogP contribution < -0.4 is 5.32 Å². The van der Waals surface area contributed by atoms with Gasteiger partial charge in [0.1, 0.15) is 5.82 Å². The minimum absolute atomic E-state index is 0.0301. The maximum absolute atomic E-state index is 12.9. The van der Waals surface area contributed by atoms with Crippen molar-refractivity contribution in [2.24, 2.45) is 0 Å². The van der Waals surface area contributed by atoms with Crippen LogP contribution in [0, 0.1) is 5.82 Å². The molecular formula is C14H11ClFNO4. The highest BCUT2D eigenvalue weighted by molar-refractivity contribution is 6.29. The number of hydrogen-bond donors (Lipinski definition) is 2. The van der Waals surface area contributed by atoms with Crippen LogP contribution in [0.15, 0.2) is 40.8 Å². The lowest BCUT2D eigenvalue weighted by Crippen LogP contribution is -2.29. The van der Waals surface area contributed by atoms with Crippen LogP contribution >= 0.6 is 11.6 Å². The largest absolute Gasteiger partial charge is 0.481 e. The molecule has 110 valence electrons. The number of hydrogen-bond acceptors (Lipinski definition) is 3. The van der Waals surface area contributed by atoms with Gasteiger partial charge in [0.25, 0.3) is 5.91 Å². The number of halogens is 2. The molecule has 2 aromatic rings. The quantitative estimate of drug-likeness (QED) is 0.889. The van der Waals surface area contributed by atoms with E-state index in [2.05, 4.69) is 5.32 Å². The van der Waals surface area contributed by atoms with Crippen LogP contribution in [-0.2, 0) is 4.79 Å². The molecule has 1 atom stereocenters. The third-order valence-corrected chi connectivity index (χ3v) is 2.96. The molecule has 0 aliphatic rings. The Labute approximate surface area is 124 Å². The van der Waals surface area contributed by atoms with Crippen LogP contribution in [0.2, 0.25) is 5.22 Å². The molecule has 2 rings (SSSR count). The average molecular weight is 312 g/mol. The molecule has 0 bridgehead atoms. The van der Waals surface area contributed by atoms with Gasteiger partial charge in [-0.2, -0.15) is 0 Å². The van der Waals surface area contributed by atoms with Crippen molar-refractivity contribution in [1.82, 2.24) is 5.32 Å². The van der Waals surface area contributed by atoms with Crippen LogP contribution in [0.1, 0.15) is 28.6 Å². The molecule has 5 nitrogen and oxygen atoms in total. The molecule has 0 unspecified atom stereocenters. The van der Waals surface area contributed by atoms with Crippen molar-refractivity contribution >= 4 is 23.5 Å². The zero-order valence-corrected chi connectivity index (χ0v) is 11.4. The van der Waals surface area contributed by atoms with Gasteiger partial charge in [0.15, 0.2) is 11.0 Å². The Morgan fingerprint density at radius 2 is 1.90 bits per heavy atom. The standard InChI is InChI=1S/C14H11ClFNO4/c15-12-6-5-11(21-12)14(20)17-10(7-13(18)19)8-1-3-9(16)4-2-8/h1-6,10H,7H2,(H,17,20)(H,18,19)/t10-/m0/s1. The normalized spacial score (nSPS) is 11.9. The summed E-state index contributed by atoms with van der Waals surface area (Å²) in [7, 11) is 0. The predicted molar refractivity (Wildman–Crippen MR) is 72.6 cm³/mol. The topological polar surface area (TPSA) is 79.5 Å². The number of furan rings is 1. The Morgan fingerprint density at radius 3 is 2.43 bits per heavy atom. The van der Waals surface area contributed by atoms with Gasteiger partial charge in [0.2, 0.25) is 0 Å². The Kier molecular flexibility index (Phi) is 4.59. The van der Waals surface area contributed by atoms with Crippen molar-refractivity contribution in [2.45, 2.75) is 12.5 Å². The molecule has 1 heterocycles. The first-order valence-corrected chi connectivity index (χ1v) is 6.37. The highest BCUT2D eigenvalue weighted by Crippen LogP contribution is 2.19. The van der Waals surface area contributed by atoms with Crippen LogP contribution in [0.5, 0.6) is 0 Å². The van der Waals surface area contributed by atoms with Crippen LogP contribution in [-0.4, -0.2) is 17.0 Å². The second-order valence-corrected chi connectivity index (χ2v) is 4.65. The van der Waals surface area contributed by atoms with Gasteiger partial charge >= 0.3 is 5.97 Å². The fourth-order valence-electron chi connectivity index (χ4n) is 1.79. The minimum atomic E-state index is -1.10. The monoisotopic (exact) mass is 311 g/mol. The molecule has 1 aromatic carbocycles. The smallest absolute Gasteiger partial charge is 0.305 e. The molecule has 0 saturated heterocycles. The number of rotatable bonds is 5. The summed E-state index contributed by atoms with van der Waals surface area (Å²) in [4.78, 5) is 22.9. The fraction of sp³-hybridized carbons (Fsp3) is 0.143. The summed E-state index contributed by atoms with van der Waals surface area (Å²) in [6, 6.07) is 7.19. The van der Waals surface area contributed by atoms with Gasteiger partial charge in [-0.05, 0) is 41.4 Å². The van der Waals surface area contributed by atoms with E-state index in [1.807, 2.05) is 0 Å². The van der Waals surface area contributed by atoms with Crippen LogP contribution in [0.4, 0.5) is 4.39 Å². The molecular weight excluding hydrogens is 301 g/mol. The number of carbonyl (C=O) groups is 2. The third kappa shape index (κ3) is 4.06. The number of nitrogens with one attached hydrogen (secondary N) is 1. The molecule has 0 spiro atoms. The van der Waals surface area contributed by atoms with Crippen LogP contribution in [0.25, 0.3) is 0 Å². The zero-order valence-electron chi connectivity index (χ0n) is 10.7. The summed E-state index contributed by atoms with van der Waals surface area (Å²) in [5.41, 5.74) is 0.477. The van der Waals surface area contributed by atoms with Gasteiger partial charge in [-0.3, -0.25) is 9.59 Å². The summed E-state index contributed by atoms with van der Waals surface area (Å²) in [6.07, 6.45) is -0.341. The summed E-state index contributed by atoms with van der Waals surface area (Å²) < 4.78 is 17.9. The Bertz CT molecular complexity index is 653. The van der Waals surface area contributed by atoms with Crippen molar-refractivity contribution < 1.29 is 23.5 Å². The van der Waals surface area contributed by atoms with E-state index in [0.29, 0.717) is 5.56 Å². The minimum Gasteiger partial charge on any atom is -0.481 e. The molecule has 0 fully saturated rings. The number of carboxylic acid groups (broad SMARTS) is 1. The maximum Gasteiger partial charge on any atom is 0.305 e. The molecule has 0 aliphatic carbocycles. The molecule has 1 aromatic heterocycles. The van der Waals surface area contributed by atoms with E-state index in [0.717, 1.165) is 0 Å². The molecule has 0 aliphatic heterocycles. The lowest BCUT2D eigenvalue weighted by molar-refractivity contribution is -0.137. The lowest BCUT2D eigenvalue weighted by atomic mass is 10.0. The number of aliphatic carboxylic acids is 1. The number of carbonyl (C=O) groups excluding carboxylic acids is 1. The fourth-order valence-corrected chi connectivity index (χ4v) is 1.93. The average Bonchev–Trinajstić information content (AvgIpc) is 2.85. The third-order valence-electron chi connectivity index (χ3n) is 2.75. The van der Waals surface area contributed by atoms with E-state index in [1.165, 1.54) is 36.4 Å². The van der Waals surface area contributed by atoms with Gasteiger partial charge < -0.3 is 14.8 Å². The van der Waals surface area contributed by atoms with Crippen molar-refractivity contribution in [2.75, 3.05) is 0 Å². The second-order valence-electron chi connectivity index (χ2n) is 4.28. The SMILES string of the molecule is O=C(O)C[C@H](NC(=O)c1ccc(Cl)o1)c1ccc(F)cc1. The van der Waals surface area contributed by atoms with Gasteiger partial charge in [-0.15, -0.1) is 0 Å². The van der Waals surface area contributed by atoms with Crippen LogP contribution in [0.3, 0.4) is 0 Å². The Hall–Kier alpha value is -2.34. The Balaban J connectivity index is 2.18. The molecule has 0 radical (unpaired) electrons. The zero-order chi connectivity index (χ0) is 15.4. The second kappa shape index (κ2) is 6.41. The predicted octanol–water partition coefficient (Wildman–Crippen LogP) is 3.02. The molecule has 21 heavy (non-hydrogen) atoms. The van der Waals surface area contributed by atoms with E-state index < -0.39 is 23.7 Å². The highest BCUT2D eigenvalue weighted by atomic mass is 35.5.